The maximum absolute atomic E-state index is 13.4. The third kappa shape index (κ3) is 4.71. The Kier molecular flexibility index (Phi) is 6.26. The molecule has 0 atom stereocenters. The van der Waals surface area contributed by atoms with E-state index in [9.17, 15) is 4.79 Å². The molecule has 0 radical (unpaired) electrons. The van der Waals surface area contributed by atoms with Crippen LogP contribution in [0, 0.1) is 0 Å². The molecule has 33 heavy (non-hydrogen) atoms. The first kappa shape index (κ1) is 22.2. The zero-order chi connectivity index (χ0) is 22.8. The standard InChI is InChI=1S/C26H26Cl2N4O/c27-19-9-8-17(22(28)14-19)15-29-24(33)21-16-30-25(31-20-10-11-20)32-23(21)26(12-4-5-13-26)18-6-2-1-3-7-18/h1-3,6-9,14,16,20H,4-5,10-13,15H2,(H,29,33)(H,30,31,32). The molecule has 0 spiro atoms. The number of anilines is 1. The molecule has 0 unspecified atom stereocenters. The van der Waals surface area contributed by atoms with E-state index >= 15 is 0 Å². The molecule has 1 amide bonds. The van der Waals surface area contributed by atoms with Crippen LogP contribution >= 0.6 is 23.2 Å². The molecule has 2 aliphatic carbocycles. The lowest BCUT2D eigenvalue weighted by Gasteiger charge is -2.31. The summed E-state index contributed by atoms with van der Waals surface area (Å²) in [6.45, 7) is 0.300. The summed E-state index contributed by atoms with van der Waals surface area (Å²) < 4.78 is 0. The van der Waals surface area contributed by atoms with E-state index in [1.807, 2.05) is 12.1 Å². The van der Waals surface area contributed by atoms with Gasteiger partial charge in [0.2, 0.25) is 5.95 Å². The van der Waals surface area contributed by atoms with E-state index in [1.54, 1.807) is 18.3 Å². The van der Waals surface area contributed by atoms with E-state index in [1.165, 1.54) is 5.56 Å². The Bertz CT molecular complexity index is 1160. The number of hydrogen-bond donors (Lipinski definition) is 2. The van der Waals surface area contributed by atoms with Gasteiger partial charge >= 0.3 is 0 Å². The van der Waals surface area contributed by atoms with Crippen molar-refractivity contribution in [1.29, 1.82) is 0 Å². The lowest BCUT2D eigenvalue weighted by Crippen LogP contribution is -2.32. The van der Waals surface area contributed by atoms with Crippen molar-refractivity contribution in [3.63, 3.8) is 0 Å². The van der Waals surface area contributed by atoms with Gasteiger partial charge in [0.25, 0.3) is 5.91 Å². The fourth-order valence-corrected chi connectivity index (χ4v) is 5.20. The molecular weight excluding hydrogens is 455 g/mol. The summed E-state index contributed by atoms with van der Waals surface area (Å²) in [5, 5.41) is 7.51. The van der Waals surface area contributed by atoms with Gasteiger partial charge in [-0.25, -0.2) is 9.97 Å². The third-order valence-corrected chi connectivity index (χ3v) is 7.22. The van der Waals surface area contributed by atoms with Crippen LogP contribution in [0.3, 0.4) is 0 Å². The molecule has 2 fully saturated rings. The summed E-state index contributed by atoms with van der Waals surface area (Å²) in [7, 11) is 0. The molecule has 1 aromatic heterocycles. The first-order valence-electron chi connectivity index (χ1n) is 11.5. The fraction of sp³-hybridized carbons (Fsp3) is 0.346. The van der Waals surface area contributed by atoms with Crippen LogP contribution < -0.4 is 10.6 Å². The van der Waals surface area contributed by atoms with Crippen molar-refractivity contribution in [1.82, 2.24) is 15.3 Å². The second-order valence-corrected chi connectivity index (χ2v) is 9.79. The van der Waals surface area contributed by atoms with Gasteiger partial charge < -0.3 is 10.6 Å². The van der Waals surface area contributed by atoms with Gasteiger partial charge in [-0.15, -0.1) is 0 Å². The Morgan fingerprint density at radius 2 is 1.82 bits per heavy atom. The average Bonchev–Trinajstić information content (AvgIpc) is 3.50. The van der Waals surface area contributed by atoms with Gasteiger partial charge in [-0.2, -0.15) is 0 Å². The summed E-state index contributed by atoms with van der Waals surface area (Å²) >= 11 is 12.3. The number of carbonyl (C=O) groups excluding carboxylic acids is 1. The Balaban J connectivity index is 1.50. The van der Waals surface area contributed by atoms with Gasteiger partial charge in [0.1, 0.15) is 0 Å². The minimum absolute atomic E-state index is 0.198. The monoisotopic (exact) mass is 480 g/mol. The van der Waals surface area contributed by atoms with Crippen LogP contribution in [0.1, 0.15) is 65.7 Å². The minimum atomic E-state index is -0.297. The summed E-state index contributed by atoms with van der Waals surface area (Å²) in [5.74, 6) is 0.406. The Morgan fingerprint density at radius 3 is 2.52 bits per heavy atom. The van der Waals surface area contributed by atoms with E-state index in [0.29, 0.717) is 34.1 Å². The van der Waals surface area contributed by atoms with Gasteiger partial charge in [0.05, 0.1) is 11.3 Å². The number of amides is 1. The summed E-state index contributed by atoms with van der Waals surface area (Å²) in [5.41, 5.74) is 3.04. The molecule has 5 rings (SSSR count). The van der Waals surface area contributed by atoms with Crippen molar-refractivity contribution in [2.45, 2.75) is 56.5 Å². The second-order valence-electron chi connectivity index (χ2n) is 8.95. The molecule has 2 N–H and O–H groups in total. The van der Waals surface area contributed by atoms with Crippen molar-refractivity contribution < 1.29 is 4.79 Å². The lowest BCUT2D eigenvalue weighted by atomic mass is 9.74. The molecule has 0 aliphatic heterocycles. The van der Waals surface area contributed by atoms with Gasteiger partial charge in [0.15, 0.2) is 0 Å². The van der Waals surface area contributed by atoms with Gasteiger partial charge in [-0.05, 0) is 48.9 Å². The van der Waals surface area contributed by atoms with E-state index < -0.39 is 0 Å². The van der Waals surface area contributed by atoms with Crippen molar-refractivity contribution in [2.75, 3.05) is 5.32 Å². The van der Waals surface area contributed by atoms with Crippen molar-refractivity contribution >= 4 is 35.1 Å². The highest BCUT2D eigenvalue weighted by Crippen LogP contribution is 2.47. The third-order valence-electron chi connectivity index (χ3n) is 6.64. The molecule has 2 saturated carbocycles. The average molecular weight is 481 g/mol. The number of hydrogen-bond acceptors (Lipinski definition) is 4. The van der Waals surface area contributed by atoms with E-state index in [4.69, 9.17) is 28.2 Å². The van der Waals surface area contributed by atoms with Crippen LogP contribution in [0.2, 0.25) is 10.0 Å². The highest BCUT2D eigenvalue weighted by molar-refractivity contribution is 6.35. The largest absolute Gasteiger partial charge is 0.351 e. The van der Waals surface area contributed by atoms with Crippen molar-refractivity contribution in [2.24, 2.45) is 0 Å². The quantitative estimate of drug-likeness (QED) is 0.425. The number of nitrogens with zero attached hydrogens (tertiary/aromatic N) is 2. The molecule has 0 bridgehead atoms. The Hall–Kier alpha value is -2.63. The van der Waals surface area contributed by atoms with Crippen LogP contribution in [-0.4, -0.2) is 21.9 Å². The molecule has 7 heteroatoms. The topological polar surface area (TPSA) is 66.9 Å². The van der Waals surface area contributed by atoms with Crippen molar-refractivity contribution in [3.8, 4) is 0 Å². The smallest absolute Gasteiger partial charge is 0.255 e. The molecule has 2 aromatic carbocycles. The molecular formula is C26H26Cl2N4O. The number of aromatic nitrogens is 2. The van der Waals surface area contributed by atoms with Gasteiger partial charge in [-0.1, -0.05) is 72.4 Å². The first-order chi connectivity index (χ1) is 16.0. The fourth-order valence-electron chi connectivity index (χ4n) is 4.73. The molecule has 3 aromatic rings. The molecule has 0 saturated heterocycles. The maximum Gasteiger partial charge on any atom is 0.255 e. The minimum Gasteiger partial charge on any atom is -0.351 e. The van der Waals surface area contributed by atoms with Crippen LogP contribution in [0.5, 0.6) is 0 Å². The van der Waals surface area contributed by atoms with Gasteiger partial charge in [0, 0.05) is 34.2 Å². The van der Waals surface area contributed by atoms with Crippen LogP contribution in [0.15, 0.2) is 54.7 Å². The number of halogens is 2. The number of nitrogens with one attached hydrogen (secondary N) is 2. The van der Waals surface area contributed by atoms with Crippen LogP contribution in [0.4, 0.5) is 5.95 Å². The normalized spacial score (nSPS) is 17.0. The zero-order valence-corrected chi connectivity index (χ0v) is 19.8. The summed E-state index contributed by atoms with van der Waals surface area (Å²) in [4.78, 5) is 22.9. The first-order valence-corrected chi connectivity index (χ1v) is 12.2. The molecule has 1 heterocycles. The number of rotatable bonds is 7. The van der Waals surface area contributed by atoms with Gasteiger partial charge in [-0.3, -0.25) is 4.79 Å². The lowest BCUT2D eigenvalue weighted by molar-refractivity contribution is 0.0947. The summed E-state index contributed by atoms with van der Waals surface area (Å²) in [6.07, 6.45) is 8.06. The highest BCUT2D eigenvalue weighted by atomic mass is 35.5. The second kappa shape index (κ2) is 9.32. The van der Waals surface area contributed by atoms with Crippen molar-refractivity contribution in [3.05, 3.63) is 87.2 Å². The predicted molar refractivity (Wildman–Crippen MR) is 132 cm³/mol. The van der Waals surface area contributed by atoms with E-state index in [-0.39, 0.29) is 11.3 Å². The van der Waals surface area contributed by atoms with Crippen LogP contribution in [-0.2, 0) is 12.0 Å². The highest BCUT2D eigenvalue weighted by Gasteiger charge is 2.42. The Labute approximate surface area is 203 Å². The van der Waals surface area contributed by atoms with E-state index in [2.05, 4.69) is 39.9 Å². The van der Waals surface area contributed by atoms with Crippen LogP contribution in [0.25, 0.3) is 0 Å². The maximum atomic E-state index is 13.4. The predicted octanol–water partition coefficient (Wildman–Crippen LogP) is 6.15. The SMILES string of the molecule is O=C(NCc1ccc(Cl)cc1Cl)c1cnc(NC2CC2)nc1C1(c2ccccc2)CCCC1. The number of carbonyl (C=O) groups is 1. The molecule has 5 nitrogen and oxygen atoms in total. The summed E-state index contributed by atoms with van der Waals surface area (Å²) in [6, 6.07) is 16.1. The number of benzene rings is 2. The zero-order valence-electron chi connectivity index (χ0n) is 18.3. The van der Waals surface area contributed by atoms with E-state index in [0.717, 1.165) is 49.8 Å². The molecule has 170 valence electrons. The Morgan fingerprint density at radius 1 is 1.06 bits per heavy atom. The molecule has 2 aliphatic rings.